The van der Waals surface area contributed by atoms with Gasteiger partial charge in [-0.15, -0.1) is 0 Å². The lowest BCUT2D eigenvalue weighted by molar-refractivity contribution is 0.0746. The standard InChI is InChI=1S/C19H18FN3O2S/c1-25-14-5-2-4-13(12-14)18(24)22-8-10-23(11-9-22)19-21-17-15(20)6-3-7-16(17)26-19/h2-7,12H,8-11H2,1H3. The molecule has 1 aliphatic heterocycles. The molecule has 0 atom stereocenters. The number of hydrogen-bond donors (Lipinski definition) is 0. The first kappa shape index (κ1) is 16.8. The molecule has 1 fully saturated rings. The van der Waals surface area contributed by atoms with Gasteiger partial charge in [0.1, 0.15) is 17.1 Å². The van der Waals surface area contributed by atoms with E-state index in [4.69, 9.17) is 4.74 Å². The molecule has 1 saturated heterocycles. The molecule has 26 heavy (non-hydrogen) atoms. The Kier molecular flexibility index (Phi) is 4.46. The first-order valence-corrected chi connectivity index (χ1v) is 9.20. The van der Waals surface area contributed by atoms with Crippen molar-refractivity contribution in [1.29, 1.82) is 0 Å². The van der Waals surface area contributed by atoms with Gasteiger partial charge in [0.05, 0.1) is 11.8 Å². The van der Waals surface area contributed by atoms with Crippen molar-refractivity contribution in [3.05, 3.63) is 53.8 Å². The number of carbonyl (C=O) groups is 1. The second-order valence-electron chi connectivity index (χ2n) is 6.09. The van der Waals surface area contributed by atoms with Crippen molar-refractivity contribution in [2.75, 3.05) is 38.2 Å². The molecule has 1 amide bonds. The first-order valence-electron chi connectivity index (χ1n) is 8.39. The smallest absolute Gasteiger partial charge is 0.254 e. The molecule has 5 nitrogen and oxygen atoms in total. The maximum absolute atomic E-state index is 13.8. The fraction of sp³-hybridized carbons (Fsp3) is 0.263. The minimum absolute atomic E-state index is 0.00102. The van der Waals surface area contributed by atoms with Gasteiger partial charge in [-0.1, -0.05) is 23.5 Å². The molecule has 2 aromatic carbocycles. The average molecular weight is 371 g/mol. The Balaban J connectivity index is 1.46. The minimum atomic E-state index is -0.295. The fourth-order valence-corrected chi connectivity index (χ4v) is 4.11. The summed E-state index contributed by atoms with van der Waals surface area (Å²) in [5.41, 5.74) is 1.04. The number of amides is 1. The maximum Gasteiger partial charge on any atom is 0.254 e. The number of hydrogen-bond acceptors (Lipinski definition) is 5. The third-order valence-electron chi connectivity index (χ3n) is 4.51. The highest BCUT2D eigenvalue weighted by Crippen LogP contribution is 2.30. The van der Waals surface area contributed by atoms with Crippen molar-refractivity contribution in [3.8, 4) is 5.75 Å². The van der Waals surface area contributed by atoms with Crippen LogP contribution < -0.4 is 9.64 Å². The van der Waals surface area contributed by atoms with Gasteiger partial charge >= 0.3 is 0 Å². The van der Waals surface area contributed by atoms with E-state index >= 15 is 0 Å². The topological polar surface area (TPSA) is 45.7 Å². The summed E-state index contributed by atoms with van der Waals surface area (Å²) >= 11 is 1.48. The van der Waals surface area contributed by atoms with Crippen molar-refractivity contribution in [3.63, 3.8) is 0 Å². The third-order valence-corrected chi connectivity index (χ3v) is 5.59. The molecule has 1 aliphatic rings. The van der Waals surface area contributed by atoms with E-state index in [2.05, 4.69) is 9.88 Å². The number of halogens is 1. The summed E-state index contributed by atoms with van der Waals surface area (Å²) < 4.78 is 19.9. The lowest BCUT2D eigenvalue weighted by Gasteiger charge is -2.34. The zero-order valence-corrected chi connectivity index (χ0v) is 15.1. The van der Waals surface area contributed by atoms with Crippen molar-refractivity contribution in [1.82, 2.24) is 9.88 Å². The van der Waals surface area contributed by atoms with Gasteiger partial charge < -0.3 is 14.5 Å². The van der Waals surface area contributed by atoms with E-state index in [-0.39, 0.29) is 11.7 Å². The zero-order chi connectivity index (χ0) is 18.1. The number of thiazole rings is 1. The predicted octanol–water partition coefficient (Wildman–Crippen LogP) is 3.41. The normalized spacial score (nSPS) is 14.7. The number of methoxy groups -OCH3 is 1. The Hall–Kier alpha value is -2.67. The van der Waals surface area contributed by atoms with Gasteiger partial charge in [-0.3, -0.25) is 4.79 Å². The monoisotopic (exact) mass is 371 g/mol. The van der Waals surface area contributed by atoms with Crippen molar-refractivity contribution >= 4 is 32.6 Å². The van der Waals surface area contributed by atoms with Crippen LogP contribution in [0.3, 0.4) is 0 Å². The molecule has 0 spiro atoms. The molecule has 2 heterocycles. The van der Waals surface area contributed by atoms with Crippen LogP contribution in [-0.2, 0) is 0 Å². The SMILES string of the molecule is COc1cccc(C(=O)N2CCN(c3nc4c(F)cccc4s3)CC2)c1. The molecule has 3 aromatic rings. The van der Waals surface area contributed by atoms with E-state index in [9.17, 15) is 9.18 Å². The molecular formula is C19H18FN3O2S. The minimum Gasteiger partial charge on any atom is -0.497 e. The van der Waals surface area contributed by atoms with Crippen LogP contribution in [0.5, 0.6) is 5.75 Å². The van der Waals surface area contributed by atoms with Crippen LogP contribution in [0.15, 0.2) is 42.5 Å². The molecule has 4 rings (SSSR count). The van der Waals surface area contributed by atoms with E-state index in [1.54, 1.807) is 25.3 Å². The number of rotatable bonds is 3. The third kappa shape index (κ3) is 3.10. The number of fused-ring (bicyclic) bond motifs is 1. The Labute approximate surface area is 154 Å². The highest BCUT2D eigenvalue weighted by Gasteiger charge is 2.24. The molecule has 0 saturated carbocycles. The number of nitrogens with zero attached hydrogens (tertiary/aromatic N) is 3. The Morgan fingerprint density at radius 1 is 1.15 bits per heavy atom. The Bertz CT molecular complexity index is 951. The number of piperazine rings is 1. The number of carbonyl (C=O) groups excluding carboxylic acids is 1. The average Bonchev–Trinajstić information content (AvgIpc) is 3.13. The molecule has 134 valence electrons. The number of benzene rings is 2. The largest absolute Gasteiger partial charge is 0.497 e. The molecule has 0 radical (unpaired) electrons. The van der Waals surface area contributed by atoms with Crippen LogP contribution in [0.25, 0.3) is 10.2 Å². The zero-order valence-electron chi connectivity index (χ0n) is 14.3. The van der Waals surface area contributed by atoms with E-state index in [0.29, 0.717) is 43.0 Å². The number of aromatic nitrogens is 1. The van der Waals surface area contributed by atoms with Gasteiger partial charge in [0.15, 0.2) is 5.13 Å². The molecule has 0 aliphatic carbocycles. The summed E-state index contributed by atoms with van der Waals surface area (Å²) in [6, 6.07) is 12.2. The second-order valence-corrected chi connectivity index (χ2v) is 7.10. The van der Waals surface area contributed by atoms with Gasteiger partial charge in [0.2, 0.25) is 0 Å². The molecular weight excluding hydrogens is 353 g/mol. The number of ether oxygens (including phenoxy) is 1. The summed E-state index contributed by atoms with van der Waals surface area (Å²) in [7, 11) is 1.59. The first-order chi connectivity index (χ1) is 12.7. The van der Waals surface area contributed by atoms with E-state index in [1.807, 2.05) is 23.1 Å². The van der Waals surface area contributed by atoms with Crippen LogP contribution in [0, 0.1) is 5.82 Å². The predicted molar refractivity (Wildman–Crippen MR) is 101 cm³/mol. The van der Waals surface area contributed by atoms with Gasteiger partial charge in [-0.05, 0) is 30.3 Å². The highest BCUT2D eigenvalue weighted by atomic mass is 32.1. The summed E-state index contributed by atoms with van der Waals surface area (Å²) in [6.07, 6.45) is 0. The van der Waals surface area contributed by atoms with Crippen LogP contribution >= 0.6 is 11.3 Å². The van der Waals surface area contributed by atoms with Crippen LogP contribution in [0.4, 0.5) is 9.52 Å². The molecule has 0 bridgehead atoms. The van der Waals surface area contributed by atoms with E-state index in [1.165, 1.54) is 17.4 Å². The van der Waals surface area contributed by atoms with Crippen molar-refractivity contribution < 1.29 is 13.9 Å². The van der Waals surface area contributed by atoms with Crippen LogP contribution in [0.2, 0.25) is 0 Å². The highest BCUT2D eigenvalue weighted by molar-refractivity contribution is 7.22. The van der Waals surface area contributed by atoms with E-state index in [0.717, 1.165) is 9.83 Å². The van der Waals surface area contributed by atoms with Crippen LogP contribution in [-0.4, -0.2) is 49.1 Å². The fourth-order valence-electron chi connectivity index (χ4n) is 3.08. The number of anilines is 1. The molecule has 7 heteroatoms. The lowest BCUT2D eigenvalue weighted by atomic mass is 10.1. The quantitative estimate of drug-likeness (QED) is 0.708. The van der Waals surface area contributed by atoms with E-state index < -0.39 is 0 Å². The van der Waals surface area contributed by atoms with Gasteiger partial charge in [0.25, 0.3) is 5.91 Å². The molecule has 1 aromatic heterocycles. The Morgan fingerprint density at radius 2 is 1.92 bits per heavy atom. The van der Waals surface area contributed by atoms with Gasteiger partial charge in [0, 0.05) is 31.7 Å². The summed E-state index contributed by atoms with van der Waals surface area (Å²) in [5, 5.41) is 0.804. The summed E-state index contributed by atoms with van der Waals surface area (Å²) in [6.45, 7) is 2.57. The maximum atomic E-state index is 13.8. The Morgan fingerprint density at radius 3 is 2.65 bits per heavy atom. The summed E-state index contributed by atoms with van der Waals surface area (Å²) in [4.78, 5) is 21.1. The van der Waals surface area contributed by atoms with Gasteiger partial charge in [-0.2, -0.15) is 0 Å². The molecule has 0 unspecified atom stereocenters. The van der Waals surface area contributed by atoms with Crippen molar-refractivity contribution in [2.24, 2.45) is 0 Å². The second kappa shape index (κ2) is 6.92. The van der Waals surface area contributed by atoms with Crippen LogP contribution in [0.1, 0.15) is 10.4 Å². The van der Waals surface area contributed by atoms with Gasteiger partial charge in [-0.25, -0.2) is 9.37 Å². The lowest BCUT2D eigenvalue weighted by Crippen LogP contribution is -2.48. The van der Waals surface area contributed by atoms with Crippen molar-refractivity contribution in [2.45, 2.75) is 0 Å². The molecule has 0 N–H and O–H groups in total. The summed E-state index contributed by atoms with van der Waals surface area (Å²) in [5.74, 6) is 0.377. The number of para-hydroxylation sites is 1.